The van der Waals surface area contributed by atoms with Gasteiger partial charge in [-0.3, -0.25) is 4.90 Å². The highest BCUT2D eigenvalue weighted by molar-refractivity contribution is 7.97. The topological polar surface area (TPSA) is 28.6 Å². The minimum atomic E-state index is -4.39. The first kappa shape index (κ1) is 19.5. The Morgan fingerprint density at radius 1 is 1.22 bits per heavy atom. The van der Waals surface area contributed by atoms with Crippen molar-refractivity contribution in [3.05, 3.63) is 23.5 Å². The van der Waals surface area contributed by atoms with Crippen LogP contribution in [0.2, 0.25) is 0 Å². The molecule has 0 bridgehead atoms. The first-order valence-electron chi connectivity index (χ1n) is 9.46. The zero-order chi connectivity index (χ0) is 19.4. The molecule has 4 rings (SSSR count). The maximum absolute atomic E-state index is 12.7. The molecule has 150 valence electrons. The molecule has 8 heteroatoms. The number of likely N-dealkylation sites (tertiary alicyclic amines) is 1. The number of aryl methyl sites for hydroxylation is 1. The molecule has 0 radical (unpaired) electrons. The fraction of sp³-hybridized carbons (Fsp3) is 0.737. The van der Waals surface area contributed by atoms with E-state index in [9.17, 15) is 13.2 Å². The summed E-state index contributed by atoms with van der Waals surface area (Å²) in [5, 5.41) is 0. The number of hydrogen-bond acceptors (Lipinski definition) is 5. The fourth-order valence-electron chi connectivity index (χ4n) is 4.51. The van der Waals surface area contributed by atoms with E-state index in [1.165, 1.54) is 18.0 Å². The number of hydrogen-bond donors (Lipinski definition) is 0. The molecule has 4 heterocycles. The summed E-state index contributed by atoms with van der Waals surface area (Å²) in [7, 11) is 0. The van der Waals surface area contributed by atoms with Crippen molar-refractivity contribution in [2.75, 3.05) is 32.8 Å². The van der Waals surface area contributed by atoms with Crippen LogP contribution in [0.3, 0.4) is 0 Å². The minimum Gasteiger partial charge on any atom is -0.374 e. The Balaban J connectivity index is 1.29. The lowest BCUT2D eigenvalue weighted by atomic mass is 9.72. The van der Waals surface area contributed by atoms with Crippen LogP contribution in [0.15, 0.2) is 17.0 Å². The first-order valence-corrected chi connectivity index (χ1v) is 10.2. The predicted molar refractivity (Wildman–Crippen MR) is 98.5 cm³/mol. The molecule has 2 atom stereocenters. The maximum atomic E-state index is 12.7. The molecule has 2 unspecified atom stereocenters. The third-order valence-electron chi connectivity index (χ3n) is 6.34. The summed E-state index contributed by atoms with van der Waals surface area (Å²) in [4.78, 5) is 7.03. The van der Waals surface area contributed by atoms with Crippen molar-refractivity contribution in [2.24, 2.45) is 5.41 Å². The van der Waals surface area contributed by atoms with Gasteiger partial charge in [0, 0.05) is 49.1 Å². The summed E-state index contributed by atoms with van der Waals surface area (Å²) in [6, 6.07) is 3.03. The molecular formula is C19H26F3N3OS. The Morgan fingerprint density at radius 3 is 2.48 bits per heavy atom. The molecule has 0 aliphatic carbocycles. The molecule has 0 amide bonds. The lowest BCUT2D eigenvalue weighted by molar-refractivity contribution is -0.141. The molecular weight excluding hydrogens is 375 g/mol. The summed E-state index contributed by atoms with van der Waals surface area (Å²) >= 11 is 1.52. The number of alkyl halides is 3. The van der Waals surface area contributed by atoms with Crippen LogP contribution in [-0.4, -0.2) is 58.6 Å². The van der Waals surface area contributed by atoms with Crippen molar-refractivity contribution >= 4 is 11.9 Å². The largest absolute Gasteiger partial charge is 0.433 e. The van der Waals surface area contributed by atoms with Crippen molar-refractivity contribution < 1.29 is 17.9 Å². The van der Waals surface area contributed by atoms with Crippen LogP contribution in [0, 0.1) is 12.3 Å². The molecule has 3 aliphatic heterocycles. The molecule has 27 heavy (non-hydrogen) atoms. The van der Waals surface area contributed by atoms with Gasteiger partial charge in [-0.1, -0.05) is 0 Å². The Kier molecular flexibility index (Phi) is 4.77. The number of halogens is 3. The molecule has 0 N–H and O–H groups in total. The summed E-state index contributed by atoms with van der Waals surface area (Å²) < 4.78 is 46.4. The normalized spacial score (nSPS) is 29.6. The summed E-state index contributed by atoms with van der Waals surface area (Å²) in [5.41, 5.74) is -0.0756. The Morgan fingerprint density at radius 2 is 1.93 bits per heavy atom. The average Bonchev–Trinajstić information content (AvgIpc) is 2.96. The van der Waals surface area contributed by atoms with Crippen molar-refractivity contribution in [1.82, 2.24) is 14.2 Å². The van der Waals surface area contributed by atoms with E-state index in [1.54, 1.807) is 6.92 Å². The van der Waals surface area contributed by atoms with Crippen LogP contribution in [0.1, 0.15) is 38.1 Å². The molecule has 3 saturated heterocycles. The highest BCUT2D eigenvalue weighted by Crippen LogP contribution is 2.47. The summed E-state index contributed by atoms with van der Waals surface area (Å²) in [6.07, 6.45) is -2.12. The zero-order valence-electron chi connectivity index (χ0n) is 16.0. The van der Waals surface area contributed by atoms with Crippen LogP contribution >= 0.6 is 11.9 Å². The van der Waals surface area contributed by atoms with Gasteiger partial charge < -0.3 is 4.74 Å². The first-order chi connectivity index (χ1) is 12.6. The molecule has 1 spiro atoms. The van der Waals surface area contributed by atoms with Gasteiger partial charge in [0.25, 0.3) is 0 Å². The van der Waals surface area contributed by atoms with Gasteiger partial charge in [0.2, 0.25) is 0 Å². The number of aromatic nitrogens is 1. The van der Waals surface area contributed by atoms with Crippen LogP contribution in [0.4, 0.5) is 13.2 Å². The molecule has 1 aromatic heterocycles. The Hall–Kier alpha value is -0.830. The lowest BCUT2D eigenvalue weighted by Gasteiger charge is -2.62. The zero-order valence-corrected chi connectivity index (χ0v) is 16.8. The van der Waals surface area contributed by atoms with E-state index >= 15 is 0 Å². The van der Waals surface area contributed by atoms with Gasteiger partial charge in [-0.25, -0.2) is 9.29 Å². The Labute approximate surface area is 162 Å². The highest BCUT2D eigenvalue weighted by Gasteiger charge is 2.55. The van der Waals surface area contributed by atoms with Crippen molar-refractivity contribution in [3.8, 4) is 0 Å². The van der Waals surface area contributed by atoms with Gasteiger partial charge >= 0.3 is 6.18 Å². The van der Waals surface area contributed by atoms with Crippen molar-refractivity contribution in [1.29, 1.82) is 0 Å². The monoisotopic (exact) mass is 401 g/mol. The van der Waals surface area contributed by atoms with E-state index < -0.39 is 11.9 Å². The molecule has 3 fully saturated rings. The third-order valence-corrected chi connectivity index (χ3v) is 7.48. The second-order valence-electron chi connectivity index (χ2n) is 8.51. The van der Waals surface area contributed by atoms with Gasteiger partial charge in [-0.15, -0.1) is 0 Å². The van der Waals surface area contributed by atoms with Gasteiger partial charge in [-0.2, -0.15) is 13.2 Å². The van der Waals surface area contributed by atoms with Crippen LogP contribution in [0.25, 0.3) is 0 Å². The SMILES string of the molecule is Cc1nc(C(F)(F)F)ccc1SN1CC2(C1)CN(C(C)C1(C)CCCO1)C2. The molecule has 0 saturated carbocycles. The van der Waals surface area contributed by atoms with Crippen molar-refractivity contribution in [3.63, 3.8) is 0 Å². The van der Waals surface area contributed by atoms with E-state index in [2.05, 4.69) is 28.0 Å². The molecule has 4 nitrogen and oxygen atoms in total. The quantitative estimate of drug-likeness (QED) is 0.712. The lowest BCUT2D eigenvalue weighted by Crippen LogP contribution is -2.73. The predicted octanol–water partition coefficient (Wildman–Crippen LogP) is 3.99. The number of nitrogens with zero attached hydrogens (tertiary/aromatic N) is 3. The standard InChI is InChI=1S/C19H26F3N3OS/c1-13-15(5-6-16(23-13)19(20,21)22)27-25-11-18(12-25)9-24(10-18)14(2)17(3)7-4-8-26-17/h5-6,14H,4,7-12H2,1-3H3. The van der Waals surface area contributed by atoms with Gasteiger partial charge in [-0.05, 0) is 57.7 Å². The van der Waals surface area contributed by atoms with Crippen LogP contribution in [-0.2, 0) is 10.9 Å². The number of rotatable bonds is 4. The maximum Gasteiger partial charge on any atom is 0.433 e. The van der Waals surface area contributed by atoms with E-state index in [0.29, 0.717) is 17.2 Å². The van der Waals surface area contributed by atoms with E-state index in [4.69, 9.17) is 4.74 Å². The molecule has 1 aromatic rings. The third kappa shape index (κ3) is 3.61. The number of pyridine rings is 1. The second kappa shape index (κ2) is 6.61. The second-order valence-corrected chi connectivity index (χ2v) is 9.65. The van der Waals surface area contributed by atoms with E-state index in [0.717, 1.165) is 56.6 Å². The minimum absolute atomic E-state index is 0.0250. The molecule has 0 aromatic carbocycles. The highest BCUT2D eigenvalue weighted by atomic mass is 32.2. The number of ether oxygens (including phenoxy) is 1. The van der Waals surface area contributed by atoms with Gasteiger partial charge in [0.15, 0.2) is 0 Å². The summed E-state index contributed by atoms with van der Waals surface area (Å²) in [6.45, 7) is 11.1. The van der Waals surface area contributed by atoms with Crippen molar-refractivity contribution in [2.45, 2.75) is 56.3 Å². The fourth-order valence-corrected chi connectivity index (χ4v) is 5.78. The molecule has 3 aliphatic rings. The smallest absolute Gasteiger partial charge is 0.374 e. The average molecular weight is 401 g/mol. The van der Waals surface area contributed by atoms with E-state index in [1.807, 2.05) is 0 Å². The van der Waals surface area contributed by atoms with Crippen LogP contribution < -0.4 is 0 Å². The van der Waals surface area contributed by atoms with Crippen LogP contribution in [0.5, 0.6) is 0 Å². The van der Waals surface area contributed by atoms with Gasteiger partial charge in [0.05, 0.1) is 11.3 Å². The Bertz CT molecular complexity index is 707. The van der Waals surface area contributed by atoms with Gasteiger partial charge in [0.1, 0.15) is 5.69 Å². The summed E-state index contributed by atoms with van der Waals surface area (Å²) in [5.74, 6) is 0. The van der Waals surface area contributed by atoms with E-state index in [-0.39, 0.29) is 5.60 Å².